The van der Waals surface area contributed by atoms with Gasteiger partial charge in [0.05, 0.1) is 25.2 Å². The molecule has 148 valence electrons. The molecule has 3 heterocycles. The Labute approximate surface area is 174 Å². The van der Waals surface area contributed by atoms with Gasteiger partial charge in [0.1, 0.15) is 22.8 Å². The normalized spacial score (nSPS) is 20.1. The zero-order chi connectivity index (χ0) is 19.8. The molecule has 0 saturated carbocycles. The van der Waals surface area contributed by atoms with Crippen LogP contribution in [0.25, 0.3) is 0 Å². The summed E-state index contributed by atoms with van der Waals surface area (Å²) in [6, 6.07) is 10.2. The Balaban J connectivity index is 1.65. The Hall–Kier alpha value is -2.85. The second-order valence-electron chi connectivity index (χ2n) is 7.57. The number of rotatable bonds is 3. The number of aliphatic imine (C=N–C) groups is 1. The van der Waals surface area contributed by atoms with E-state index in [1.165, 1.54) is 41.7 Å². The number of fused-ring (bicyclic) bond motifs is 5. The lowest BCUT2D eigenvalue weighted by molar-refractivity contribution is 0.411. The number of benzene rings is 1. The van der Waals surface area contributed by atoms with Crippen LogP contribution in [0.4, 0.5) is 5.00 Å². The Morgan fingerprint density at radius 3 is 2.72 bits per heavy atom. The second kappa shape index (κ2) is 7.53. The highest BCUT2D eigenvalue weighted by Gasteiger charge is 2.40. The lowest BCUT2D eigenvalue weighted by atomic mass is 9.95. The van der Waals surface area contributed by atoms with Crippen LogP contribution in [-0.2, 0) is 12.8 Å². The van der Waals surface area contributed by atoms with Crippen molar-refractivity contribution in [3.8, 4) is 11.8 Å². The smallest absolute Gasteiger partial charge is 0.166 e. The first-order valence-corrected chi connectivity index (χ1v) is 11.0. The maximum atomic E-state index is 9.34. The van der Waals surface area contributed by atoms with Crippen molar-refractivity contribution in [1.29, 1.82) is 5.26 Å². The van der Waals surface area contributed by atoms with E-state index in [-0.39, 0.29) is 6.17 Å². The minimum atomic E-state index is -0.201. The number of hydrogen-bond acceptors (Lipinski definition) is 7. The molecule has 2 aromatic rings. The molecule has 3 aliphatic rings. The average Bonchev–Trinajstić information content (AvgIpc) is 3.29. The summed E-state index contributed by atoms with van der Waals surface area (Å²) >= 11 is 1.82. The molecule has 0 bridgehead atoms. The molecule has 0 spiro atoms. The van der Waals surface area contributed by atoms with Gasteiger partial charge in [0.15, 0.2) is 5.84 Å². The average molecular weight is 406 g/mol. The van der Waals surface area contributed by atoms with Crippen LogP contribution < -0.4 is 10.2 Å². The van der Waals surface area contributed by atoms with Crippen molar-refractivity contribution < 1.29 is 4.74 Å². The van der Waals surface area contributed by atoms with Crippen molar-refractivity contribution in [3.63, 3.8) is 0 Å². The van der Waals surface area contributed by atoms with Crippen molar-refractivity contribution >= 4 is 28.0 Å². The van der Waals surface area contributed by atoms with Crippen LogP contribution >= 0.6 is 11.3 Å². The molecule has 1 unspecified atom stereocenters. The van der Waals surface area contributed by atoms with Crippen molar-refractivity contribution in [2.45, 2.75) is 51.1 Å². The molecule has 2 aliphatic heterocycles. The topological polar surface area (TPSA) is 73.0 Å². The molecule has 0 fully saturated rings. The van der Waals surface area contributed by atoms with E-state index >= 15 is 0 Å². The van der Waals surface area contributed by atoms with Gasteiger partial charge in [-0.05, 0) is 55.5 Å². The van der Waals surface area contributed by atoms with E-state index < -0.39 is 0 Å². The number of amidine groups is 2. The number of nitrogens with one attached hydrogen (secondary N) is 1. The Kier molecular flexibility index (Phi) is 4.72. The van der Waals surface area contributed by atoms with E-state index in [9.17, 15) is 5.26 Å². The molecule has 5 rings (SSSR count). The number of hydrogen-bond donors (Lipinski definition) is 1. The summed E-state index contributed by atoms with van der Waals surface area (Å²) < 4.78 is 5.31. The van der Waals surface area contributed by atoms with Crippen LogP contribution in [0.2, 0.25) is 0 Å². The first kappa shape index (κ1) is 18.2. The standard InChI is InChI=1S/C22H23N5OS/c1-28-15-10-8-14(9-11-15)20-24-22-19(21-26-25-18(12-13-23)27(20)21)16-6-4-2-3-5-7-17(16)29-22/h8-11,18,25H,2-7,12H2,1H3. The fourth-order valence-corrected chi connectivity index (χ4v) is 5.61. The van der Waals surface area contributed by atoms with E-state index in [1.54, 1.807) is 7.11 Å². The van der Waals surface area contributed by atoms with E-state index in [2.05, 4.69) is 21.5 Å². The minimum absolute atomic E-state index is 0.201. The molecular weight excluding hydrogens is 382 g/mol. The van der Waals surface area contributed by atoms with E-state index in [4.69, 9.17) is 9.73 Å². The lowest BCUT2D eigenvalue weighted by Gasteiger charge is -2.30. The van der Waals surface area contributed by atoms with Crippen molar-refractivity contribution in [3.05, 3.63) is 45.8 Å². The van der Waals surface area contributed by atoms with Crippen LogP contribution in [0.5, 0.6) is 5.75 Å². The third-order valence-electron chi connectivity index (χ3n) is 5.80. The number of ether oxygens (including phenoxy) is 1. The van der Waals surface area contributed by atoms with E-state index in [1.807, 2.05) is 35.6 Å². The summed E-state index contributed by atoms with van der Waals surface area (Å²) in [6.07, 6.45) is 7.40. The molecule has 0 radical (unpaired) electrons. The molecule has 0 amide bonds. The Bertz CT molecular complexity index is 1030. The zero-order valence-corrected chi connectivity index (χ0v) is 17.3. The number of thiophene rings is 1. The second-order valence-corrected chi connectivity index (χ2v) is 8.66. The van der Waals surface area contributed by atoms with E-state index in [0.29, 0.717) is 6.42 Å². The van der Waals surface area contributed by atoms with Crippen LogP contribution in [0.3, 0.4) is 0 Å². The van der Waals surface area contributed by atoms with Crippen molar-refractivity contribution in [2.75, 3.05) is 7.11 Å². The van der Waals surface area contributed by atoms with Crippen LogP contribution in [0, 0.1) is 11.3 Å². The number of nitrogens with zero attached hydrogens (tertiary/aromatic N) is 4. The molecule has 7 heteroatoms. The molecule has 1 aromatic heterocycles. The minimum Gasteiger partial charge on any atom is -0.497 e. The van der Waals surface area contributed by atoms with Gasteiger partial charge in [-0.1, -0.05) is 12.8 Å². The summed E-state index contributed by atoms with van der Waals surface area (Å²) in [7, 11) is 1.67. The zero-order valence-electron chi connectivity index (χ0n) is 16.4. The van der Waals surface area contributed by atoms with Gasteiger partial charge in [0, 0.05) is 10.4 Å². The summed E-state index contributed by atoms with van der Waals surface area (Å²) in [5.41, 5.74) is 6.77. The predicted octanol–water partition coefficient (Wildman–Crippen LogP) is 4.31. The predicted molar refractivity (Wildman–Crippen MR) is 115 cm³/mol. The summed E-state index contributed by atoms with van der Waals surface area (Å²) in [4.78, 5) is 8.67. The van der Waals surface area contributed by atoms with Gasteiger partial charge < -0.3 is 4.74 Å². The summed E-state index contributed by atoms with van der Waals surface area (Å²) in [6.45, 7) is 0. The molecule has 1 aliphatic carbocycles. The SMILES string of the molecule is COc1ccc(C2=Nc3sc4c(c3C3=NNC(CC#N)N23)CCCCCC4)cc1. The molecule has 1 atom stereocenters. The third-order valence-corrected chi connectivity index (χ3v) is 6.99. The van der Waals surface area contributed by atoms with Gasteiger partial charge in [0.2, 0.25) is 0 Å². The highest BCUT2D eigenvalue weighted by molar-refractivity contribution is 7.16. The summed E-state index contributed by atoms with van der Waals surface area (Å²) in [5.74, 6) is 2.57. The maximum absolute atomic E-state index is 9.34. The fraction of sp³-hybridized carbons (Fsp3) is 0.409. The van der Waals surface area contributed by atoms with Crippen molar-refractivity contribution in [1.82, 2.24) is 10.3 Å². The van der Waals surface area contributed by atoms with Gasteiger partial charge in [-0.25, -0.2) is 4.99 Å². The number of aryl methyl sites for hydroxylation is 1. The molecule has 0 saturated heterocycles. The van der Waals surface area contributed by atoms with Crippen LogP contribution in [-0.4, -0.2) is 29.8 Å². The van der Waals surface area contributed by atoms with Crippen LogP contribution in [0.15, 0.2) is 34.4 Å². The highest BCUT2D eigenvalue weighted by atomic mass is 32.1. The van der Waals surface area contributed by atoms with Crippen LogP contribution in [0.1, 0.15) is 53.7 Å². The van der Waals surface area contributed by atoms with Gasteiger partial charge in [-0.15, -0.1) is 11.3 Å². The maximum Gasteiger partial charge on any atom is 0.166 e. The van der Waals surface area contributed by atoms with Gasteiger partial charge in [-0.3, -0.25) is 10.3 Å². The van der Waals surface area contributed by atoms with Crippen molar-refractivity contribution in [2.24, 2.45) is 10.1 Å². The summed E-state index contributed by atoms with van der Waals surface area (Å²) in [5, 5.41) is 15.1. The number of methoxy groups -OCH3 is 1. The fourth-order valence-electron chi connectivity index (χ4n) is 4.35. The first-order valence-electron chi connectivity index (χ1n) is 10.2. The lowest BCUT2D eigenvalue weighted by Crippen LogP contribution is -2.46. The van der Waals surface area contributed by atoms with E-state index in [0.717, 1.165) is 40.8 Å². The monoisotopic (exact) mass is 405 g/mol. The molecular formula is C22H23N5OS. The number of hydrazone groups is 1. The van der Waals surface area contributed by atoms with Gasteiger partial charge in [0.25, 0.3) is 0 Å². The number of nitriles is 1. The molecule has 1 N–H and O–H groups in total. The molecule has 1 aromatic carbocycles. The molecule has 29 heavy (non-hydrogen) atoms. The molecule has 6 nitrogen and oxygen atoms in total. The Morgan fingerprint density at radius 2 is 1.97 bits per heavy atom. The largest absolute Gasteiger partial charge is 0.497 e. The van der Waals surface area contributed by atoms with Gasteiger partial charge >= 0.3 is 0 Å². The Morgan fingerprint density at radius 1 is 1.17 bits per heavy atom. The first-order chi connectivity index (χ1) is 14.3. The highest BCUT2D eigenvalue weighted by Crippen LogP contribution is 2.43. The quantitative estimate of drug-likeness (QED) is 0.826. The van der Waals surface area contributed by atoms with Gasteiger partial charge in [-0.2, -0.15) is 10.4 Å². The third kappa shape index (κ3) is 3.08.